The van der Waals surface area contributed by atoms with Crippen molar-refractivity contribution in [3.05, 3.63) is 12.2 Å². The minimum Gasteiger partial charge on any atom is -0.457 e. The summed E-state index contributed by atoms with van der Waals surface area (Å²) < 4.78 is 59.2. The van der Waals surface area contributed by atoms with E-state index in [9.17, 15) is 33.1 Å². The highest BCUT2D eigenvalue weighted by molar-refractivity contribution is 7.80. The van der Waals surface area contributed by atoms with Gasteiger partial charge in [-0.15, -0.1) is 0 Å². The van der Waals surface area contributed by atoms with E-state index < -0.39 is 59.8 Å². The van der Waals surface area contributed by atoms with Crippen LogP contribution < -0.4 is 0 Å². The first kappa shape index (κ1) is 57.9. The molecule has 1 aliphatic rings. The van der Waals surface area contributed by atoms with E-state index in [1.165, 1.54) is 154 Å². The summed E-state index contributed by atoms with van der Waals surface area (Å²) in [5.74, 6) is -0.399. The van der Waals surface area contributed by atoms with Crippen LogP contribution >= 0.6 is 0 Å². The molecule has 0 aliphatic carbocycles. The molecule has 0 radical (unpaired) electrons. The van der Waals surface area contributed by atoms with Crippen LogP contribution in [0.25, 0.3) is 0 Å². The molecule has 0 bridgehead atoms. The van der Waals surface area contributed by atoms with E-state index in [2.05, 4.69) is 30.2 Å². The molecule has 1 saturated heterocycles. The number of esters is 1. The number of hydrogen-bond donors (Lipinski definition) is 4. The molecule has 0 aromatic carbocycles. The Morgan fingerprint density at radius 3 is 1.48 bits per heavy atom. The molecule has 362 valence electrons. The molecule has 13 heteroatoms. The molecule has 0 saturated carbocycles. The Morgan fingerprint density at radius 1 is 0.607 bits per heavy atom. The fourth-order valence-corrected chi connectivity index (χ4v) is 8.35. The Hall–Kier alpha value is -1.16. The van der Waals surface area contributed by atoms with Crippen molar-refractivity contribution in [1.29, 1.82) is 0 Å². The zero-order valence-electron chi connectivity index (χ0n) is 38.7. The lowest BCUT2D eigenvalue weighted by Gasteiger charge is -2.41. The third-order valence-electron chi connectivity index (χ3n) is 11.6. The van der Waals surface area contributed by atoms with Gasteiger partial charge in [-0.05, 0) is 38.5 Å². The van der Waals surface area contributed by atoms with Crippen LogP contribution in [0.2, 0.25) is 0 Å². The van der Waals surface area contributed by atoms with Crippen LogP contribution in [0.5, 0.6) is 0 Å². The molecule has 0 spiro atoms. The van der Waals surface area contributed by atoms with E-state index in [0.717, 1.165) is 44.9 Å². The average molecular weight is 893 g/mol. The summed E-state index contributed by atoms with van der Waals surface area (Å²) in [6, 6.07) is 0. The highest BCUT2D eigenvalue weighted by Gasteiger charge is 2.48. The number of unbranched alkanes of at least 4 members (excludes halogenated alkanes) is 29. The fourth-order valence-electron chi connectivity index (χ4n) is 7.85. The number of aliphatic hydroxyl groups excluding tert-OH is 3. The maximum Gasteiger partial charge on any atom is 0.397 e. The fraction of sp³-hybridized carbons (Fsp3) is 0.938. The number of carbonyl (C=O) groups excluding carboxylic acids is 1. The summed E-state index contributed by atoms with van der Waals surface area (Å²) in [5, 5.41) is 30.7. The normalized spacial score (nSPS) is 20.1. The van der Waals surface area contributed by atoms with Gasteiger partial charge in [-0.3, -0.25) is 9.35 Å². The van der Waals surface area contributed by atoms with Crippen molar-refractivity contribution in [2.75, 3.05) is 26.4 Å². The first-order valence-corrected chi connectivity index (χ1v) is 26.3. The minimum atomic E-state index is -5.06. The van der Waals surface area contributed by atoms with Crippen molar-refractivity contribution >= 4 is 16.4 Å². The lowest BCUT2D eigenvalue weighted by Crippen LogP contribution is -2.60. The predicted molar refractivity (Wildman–Crippen MR) is 244 cm³/mol. The van der Waals surface area contributed by atoms with Crippen molar-refractivity contribution < 1.29 is 56.2 Å². The number of hydrogen-bond acceptors (Lipinski definition) is 11. The number of aliphatic hydroxyl groups is 3. The second-order valence-electron chi connectivity index (χ2n) is 17.4. The SMILES string of the molecule is CCCCCCCC/C=C\CCCCCCCCCC(=O)OC(COCCCCCCCCCCCCCCCCCCC)COC1OC(CO)C(O)C(OS(=O)(=O)O)C1O. The zero-order chi connectivity index (χ0) is 44.7. The van der Waals surface area contributed by atoms with Gasteiger partial charge in [0.1, 0.15) is 30.5 Å². The summed E-state index contributed by atoms with van der Waals surface area (Å²) in [6.07, 6.45) is 35.2. The van der Waals surface area contributed by atoms with Crippen LogP contribution in [-0.2, 0) is 38.3 Å². The Morgan fingerprint density at radius 2 is 1.03 bits per heavy atom. The molecule has 4 N–H and O–H groups in total. The van der Waals surface area contributed by atoms with Crippen molar-refractivity contribution in [3.63, 3.8) is 0 Å². The van der Waals surface area contributed by atoms with Crippen LogP contribution in [0.4, 0.5) is 0 Å². The Bertz CT molecular complexity index is 1120. The minimum absolute atomic E-state index is 0.0403. The Labute approximate surface area is 372 Å². The van der Waals surface area contributed by atoms with Gasteiger partial charge in [0, 0.05) is 13.0 Å². The average Bonchev–Trinajstić information content (AvgIpc) is 3.23. The Balaban J connectivity index is 2.37. The molecule has 6 atom stereocenters. The van der Waals surface area contributed by atoms with E-state index in [0.29, 0.717) is 13.0 Å². The smallest absolute Gasteiger partial charge is 0.397 e. The highest BCUT2D eigenvalue weighted by atomic mass is 32.3. The van der Waals surface area contributed by atoms with E-state index in [1.807, 2.05) is 0 Å². The molecule has 6 unspecified atom stereocenters. The van der Waals surface area contributed by atoms with Crippen LogP contribution in [0.1, 0.15) is 226 Å². The van der Waals surface area contributed by atoms with Crippen LogP contribution in [0.3, 0.4) is 0 Å². The molecule has 12 nitrogen and oxygen atoms in total. The van der Waals surface area contributed by atoms with Crippen molar-refractivity contribution in [2.24, 2.45) is 0 Å². The molecule has 1 rings (SSSR count). The van der Waals surface area contributed by atoms with Gasteiger partial charge in [-0.1, -0.05) is 193 Å². The molecule has 1 fully saturated rings. The van der Waals surface area contributed by atoms with E-state index in [1.54, 1.807) is 0 Å². The van der Waals surface area contributed by atoms with Crippen LogP contribution in [0.15, 0.2) is 12.2 Å². The zero-order valence-corrected chi connectivity index (χ0v) is 39.6. The summed E-state index contributed by atoms with van der Waals surface area (Å²) >= 11 is 0. The van der Waals surface area contributed by atoms with Crippen LogP contribution in [0, 0.1) is 0 Å². The van der Waals surface area contributed by atoms with Gasteiger partial charge in [0.25, 0.3) is 0 Å². The lowest BCUT2D eigenvalue weighted by atomic mass is 9.99. The first-order valence-electron chi connectivity index (χ1n) is 24.9. The van der Waals surface area contributed by atoms with Gasteiger partial charge >= 0.3 is 16.4 Å². The molecule has 0 aromatic rings. The third-order valence-corrected chi connectivity index (χ3v) is 12.1. The number of allylic oxidation sites excluding steroid dienone is 2. The Kier molecular flexibility index (Phi) is 38.3. The summed E-state index contributed by atoms with van der Waals surface area (Å²) in [4.78, 5) is 12.9. The maximum atomic E-state index is 12.9. The number of rotatable bonds is 44. The molecule has 1 aliphatic heterocycles. The predicted octanol–water partition coefficient (Wildman–Crippen LogP) is 11.0. The number of carbonyl (C=O) groups is 1. The summed E-state index contributed by atoms with van der Waals surface area (Å²) in [6.45, 7) is 4.02. The van der Waals surface area contributed by atoms with Gasteiger partial charge in [0.2, 0.25) is 0 Å². The second-order valence-corrected chi connectivity index (χ2v) is 18.5. The van der Waals surface area contributed by atoms with Gasteiger partial charge in [0.05, 0.1) is 19.8 Å². The molecule has 0 amide bonds. The van der Waals surface area contributed by atoms with Crippen molar-refractivity contribution in [1.82, 2.24) is 0 Å². The van der Waals surface area contributed by atoms with E-state index in [4.69, 9.17) is 18.9 Å². The van der Waals surface area contributed by atoms with Crippen molar-refractivity contribution in [2.45, 2.75) is 263 Å². The van der Waals surface area contributed by atoms with E-state index >= 15 is 0 Å². The summed E-state index contributed by atoms with van der Waals surface area (Å²) in [5.41, 5.74) is 0. The topological polar surface area (TPSA) is 178 Å². The molecular formula is C48H92O12S. The molecule has 1 heterocycles. The van der Waals surface area contributed by atoms with E-state index in [-0.39, 0.29) is 19.6 Å². The quantitative estimate of drug-likeness (QED) is 0.0197. The first-order chi connectivity index (χ1) is 29.6. The largest absolute Gasteiger partial charge is 0.457 e. The lowest BCUT2D eigenvalue weighted by molar-refractivity contribution is -0.301. The molecular weight excluding hydrogens is 801 g/mol. The monoisotopic (exact) mass is 893 g/mol. The van der Waals surface area contributed by atoms with Crippen molar-refractivity contribution in [3.8, 4) is 0 Å². The molecule has 61 heavy (non-hydrogen) atoms. The standard InChI is InChI=1S/C48H92O12S/c1-3-5-7-9-11-13-15-17-19-21-23-25-27-29-31-33-35-37-44(50)58-42(41-57-48-46(52)47(60-61(53,54)55)45(51)43(39-49)59-48)40-56-38-36-34-32-30-28-26-24-22-20-18-16-14-12-10-8-6-4-2/h17,19,42-43,45-49,51-52H,3-16,18,20-41H2,1-2H3,(H,53,54,55)/b19-17-. The van der Waals surface area contributed by atoms with Gasteiger partial charge in [-0.2, -0.15) is 8.42 Å². The maximum absolute atomic E-state index is 12.9. The number of ether oxygens (including phenoxy) is 4. The second kappa shape index (κ2) is 40.4. The van der Waals surface area contributed by atoms with Gasteiger partial charge in [-0.25, -0.2) is 4.18 Å². The summed E-state index contributed by atoms with van der Waals surface area (Å²) in [7, 11) is -5.06. The third kappa shape index (κ3) is 33.9. The highest BCUT2D eigenvalue weighted by Crippen LogP contribution is 2.26. The van der Waals surface area contributed by atoms with Gasteiger partial charge in [0.15, 0.2) is 6.29 Å². The van der Waals surface area contributed by atoms with Gasteiger partial charge < -0.3 is 34.3 Å². The molecule has 0 aromatic heterocycles. The van der Waals surface area contributed by atoms with Crippen LogP contribution in [-0.4, -0.2) is 97.5 Å².